The van der Waals surface area contributed by atoms with Crippen molar-refractivity contribution < 1.29 is 0 Å². The highest BCUT2D eigenvalue weighted by atomic mass is 32.1. The monoisotopic (exact) mass is 340 g/mol. The normalized spacial score (nSPS) is 11.6. The van der Waals surface area contributed by atoms with Gasteiger partial charge in [0.05, 0.1) is 11.9 Å². The van der Waals surface area contributed by atoms with E-state index in [0.717, 1.165) is 22.6 Å². The van der Waals surface area contributed by atoms with Crippen molar-refractivity contribution in [3.05, 3.63) is 51.2 Å². The number of nitrogen functional groups attached to an aromatic ring is 1. The molecule has 0 bridgehead atoms. The Morgan fingerprint density at radius 2 is 1.83 bits per heavy atom. The van der Waals surface area contributed by atoms with Gasteiger partial charge in [-0.05, 0) is 51.4 Å². The van der Waals surface area contributed by atoms with Crippen molar-refractivity contribution in [2.75, 3.05) is 12.8 Å². The molecule has 2 N–H and O–H groups in total. The van der Waals surface area contributed by atoms with E-state index < -0.39 is 0 Å². The van der Waals surface area contributed by atoms with Gasteiger partial charge >= 0.3 is 0 Å². The number of nitrogens with two attached hydrogens (primary N) is 1. The molecule has 24 heavy (non-hydrogen) atoms. The second kappa shape index (κ2) is 6.49. The molecule has 0 aliphatic heterocycles. The van der Waals surface area contributed by atoms with Crippen molar-refractivity contribution in [1.29, 1.82) is 0 Å². The summed E-state index contributed by atoms with van der Waals surface area (Å²) in [6, 6.07) is 6.58. The van der Waals surface area contributed by atoms with Crippen molar-refractivity contribution in [3.63, 3.8) is 0 Å². The molecule has 0 unspecified atom stereocenters. The second-order valence-electron chi connectivity index (χ2n) is 6.59. The zero-order valence-electron chi connectivity index (χ0n) is 15.0. The van der Waals surface area contributed by atoms with Gasteiger partial charge in [-0.3, -0.25) is 4.90 Å². The van der Waals surface area contributed by atoms with Gasteiger partial charge < -0.3 is 5.73 Å². The molecule has 3 rings (SSSR count). The number of rotatable bonds is 4. The summed E-state index contributed by atoms with van der Waals surface area (Å²) < 4.78 is 0. The summed E-state index contributed by atoms with van der Waals surface area (Å²) in [5.41, 5.74) is 11.3. The Kier molecular flexibility index (Phi) is 4.56. The Bertz CT molecular complexity index is 898. The van der Waals surface area contributed by atoms with Crippen molar-refractivity contribution in [2.45, 2.75) is 40.8 Å². The first kappa shape index (κ1) is 16.9. The van der Waals surface area contributed by atoms with E-state index in [1.54, 1.807) is 11.3 Å². The predicted octanol–water partition coefficient (Wildman–Crippen LogP) is 4.14. The maximum atomic E-state index is 6.18. The van der Waals surface area contributed by atoms with Gasteiger partial charge in [0.25, 0.3) is 0 Å². The van der Waals surface area contributed by atoms with Crippen molar-refractivity contribution >= 4 is 27.4 Å². The molecule has 1 aromatic carbocycles. The van der Waals surface area contributed by atoms with E-state index in [0.29, 0.717) is 12.4 Å². The van der Waals surface area contributed by atoms with Crippen LogP contribution >= 0.6 is 11.3 Å². The van der Waals surface area contributed by atoms with Crippen molar-refractivity contribution in [3.8, 4) is 0 Å². The molecule has 126 valence electrons. The molecule has 0 aliphatic carbocycles. The minimum atomic E-state index is 0.594. The van der Waals surface area contributed by atoms with Gasteiger partial charge in [0.15, 0.2) is 0 Å². The molecule has 0 amide bonds. The van der Waals surface area contributed by atoms with Gasteiger partial charge in [0.1, 0.15) is 16.5 Å². The molecule has 2 aromatic heterocycles. The number of thiophene rings is 1. The molecule has 0 atom stereocenters. The molecule has 0 fully saturated rings. The smallest absolute Gasteiger partial charge is 0.146 e. The first-order valence-electron chi connectivity index (χ1n) is 8.12. The first-order valence-corrected chi connectivity index (χ1v) is 8.93. The number of aryl methyl sites for hydroxylation is 4. The van der Waals surface area contributed by atoms with E-state index in [9.17, 15) is 0 Å². The maximum Gasteiger partial charge on any atom is 0.146 e. The Morgan fingerprint density at radius 3 is 2.54 bits per heavy atom. The number of hydrogen-bond donors (Lipinski definition) is 1. The van der Waals surface area contributed by atoms with Gasteiger partial charge in [-0.25, -0.2) is 9.97 Å². The van der Waals surface area contributed by atoms with E-state index in [1.807, 2.05) is 0 Å². The maximum absolute atomic E-state index is 6.18. The van der Waals surface area contributed by atoms with E-state index >= 15 is 0 Å². The van der Waals surface area contributed by atoms with Crippen LogP contribution in [-0.2, 0) is 13.1 Å². The summed E-state index contributed by atoms with van der Waals surface area (Å²) in [5, 5.41) is 1.01. The molecule has 3 aromatic rings. The summed E-state index contributed by atoms with van der Waals surface area (Å²) >= 11 is 1.69. The Hall–Kier alpha value is -1.98. The number of aromatic nitrogens is 2. The fourth-order valence-corrected chi connectivity index (χ4v) is 4.06. The molecule has 2 heterocycles. The van der Waals surface area contributed by atoms with Crippen LogP contribution in [-0.4, -0.2) is 21.9 Å². The van der Waals surface area contributed by atoms with Crippen LogP contribution < -0.4 is 5.73 Å². The summed E-state index contributed by atoms with van der Waals surface area (Å²) in [6.45, 7) is 10.0. The van der Waals surface area contributed by atoms with Crippen LogP contribution in [0.5, 0.6) is 0 Å². The SMILES string of the molecule is Cc1ccc(CN(C)Cc2nc(N)c3c(C)c(C)sc3n2)c(C)c1. The molecular weight excluding hydrogens is 316 g/mol. The van der Waals surface area contributed by atoms with Crippen LogP contribution in [0.3, 0.4) is 0 Å². The van der Waals surface area contributed by atoms with Gasteiger partial charge in [0.2, 0.25) is 0 Å². The summed E-state index contributed by atoms with van der Waals surface area (Å²) in [6.07, 6.45) is 0. The number of fused-ring (bicyclic) bond motifs is 1. The van der Waals surface area contributed by atoms with E-state index in [2.05, 4.69) is 62.8 Å². The van der Waals surface area contributed by atoms with E-state index in [4.69, 9.17) is 10.7 Å². The summed E-state index contributed by atoms with van der Waals surface area (Å²) in [5.74, 6) is 1.38. The molecule has 4 nitrogen and oxygen atoms in total. The minimum absolute atomic E-state index is 0.594. The molecular formula is C19H24N4S. The van der Waals surface area contributed by atoms with Gasteiger partial charge in [-0.1, -0.05) is 23.8 Å². The lowest BCUT2D eigenvalue weighted by molar-refractivity contribution is 0.310. The van der Waals surface area contributed by atoms with Crippen molar-refractivity contribution in [1.82, 2.24) is 14.9 Å². The fraction of sp³-hybridized carbons (Fsp3) is 0.368. The summed E-state index contributed by atoms with van der Waals surface area (Å²) in [4.78, 5) is 13.7. The van der Waals surface area contributed by atoms with Gasteiger partial charge in [-0.15, -0.1) is 11.3 Å². The quantitative estimate of drug-likeness (QED) is 0.775. The van der Waals surface area contributed by atoms with Crippen molar-refractivity contribution in [2.24, 2.45) is 0 Å². The molecule has 0 saturated heterocycles. The molecule has 5 heteroatoms. The third kappa shape index (κ3) is 3.28. The predicted molar refractivity (Wildman–Crippen MR) is 102 cm³/mol. The van der Waals surface area contributed by atoms with Crippen LogP contribution in [0.2, 0.25) is 0 Å². The number of benzene rings is 1. The van der Waals surface area contributed by atoms with Crippen LogP contribution in [0.4, 0.5) is 5.82 Å². The lowest BCUT2D eigenvalue weighted by Crippen LogP contribution is -2.19. The third-order valence-electron chi connectivity index (χ3n) is 4.45. The average Bonchev–Trinajstić information content (AvgIpc) is 2.77. The van der Waals surface area contributed by atoms with Gasteiger partial charge in [-0.2, -0.15) is 0 Å². The molecule has 0 radical (unpaired) electrons. The Balaban J connectivity index is 1.81. The van der Waals surface area contributed by atoms with Crippen LogP contribution in [0.15, 0.2) is 18.2 Å². The van der Waals surface area contributed by atoms with Crippen LogP contribution in [0.25, 0.3) is 10.2 Å². The first-order chi connectivity index (χ1) is 11.3. The number of hydrogen-bond acceptors (Lipinski definition) is 5. The van der Waals surface area contributed by atoms with Crippen LogP contribution in [0, 0.1) is 27.7 Å². The topological polar surface area (TPSA) is 55.0 Å². The van der Waals surface area contributed by atoms with Crippen LogP contribution in [0.1, 0.15) is 33.0 Å². The average molecular weight is 340 g/mol. The van der Waals surface area contributed by atoms with E-state index in [1.165, 1.54) is 27.1 Å². The third-order valence-corrected chi connectivity index (χ3v) is 5.55. The number of anilines is 1. The summed E-state index contributed by atoms with van der Waals surface area (Å²) in [7, 11) is 2.09. The molecule has 0 aliphatic rings. The minimum Gasteiger partial charge on any atom is -0.383 e. The lowest BCUT2D eigenvalue weighted by Gasteiger charge is -2.17. The molecule has 0 spiro atoms. The zero-order chi connectivity index (χ0) is 17.4. The highest BCUT2D eigenvalue weighted by Crippen LogP contribution is 2.32. The Labute approximate surface area is 147 Å². The largest absolute Gasteiger partial charge is 0.383 e. The molecule has 0 saturated carbocycles. The standard InChI is InChI=1S/C19H24N4S/c1-11-6-7-15(12(2)8-11)9-23(5)10-16-21-18(20)17-13(3)14(4)24-19(17)22-16/h6-8H,9-10H2,1-5H3,(H2,20,21,22). The Morgan fingerprint density at radius 1 is 1.08 bits per heavy atom. The second-order valence-corrected chi connectivity index (χ2v) is 7.79. The van der Waals surface area contributed by atoms with E-state index in [-0.39, 0.29) is 0 Å². The highest BCUT2D eigenvalue weighted by Gasteiger charge is 2.14. The highest BCUT2D eigenvalue weighted by molar-refractivity contribution is 7.18. The van der Waals surface area contributed by atoms with Gasteiger partial charge in [0, 0.05) is 11.4 Å². The lowest BCUT2D eigenvalue weighted by atomic mass is 10.1. The number of nitrogens with zero attached hydrogens (tertiary/aromatic N) is 3. The zero-order valence-corrected chi connectivity index (χ0v) is 15.8. The fourth-order valence-electron chi connectivity index (χ4n) is 3.01.